The molecule has 1 aliphatic rings. The highest BCUT2D eigenvalue weighted by atomic mass is 15.1. The second kappa shape index (κ2) is 8.89. The molecule has 2 aromatic rings. The average molecular weight is 362 g/mol. The number of hydrogen-bond donors (Lipinski definition) is 0. The van der Waals surface area contributed by atoms with Gasteiger partial charge in [-0.3, -0.25) is 4.90 Å². The fraction of sp³-hybridized carbons (Fsp3) is 0.462. The molecule has 0 saturated heterocycles. The summed E-state index contributed by atoms with van der Waals surface area (Å²) in [7, 11) is 2.21. The van der Waals surface area contributed by atoms with Crippen molar-refractivity contribution in [3.8, 4) is 0 Å². The first kappa shape index (κ1) is 19.9. The molecular weight excluding hydrogens is 326 g/mol. The molecule has 0 heterocycles. The zero-order valence-corrected chi connectivity index (χ0v) is 17.6. The van der Waals surface area contributed by atoms with Crippen LogP contribution >= 0.6 is 0 Å². The molecular formula is C26H35N. The monoisotopic (exact) mass is 361 g/mol. The van der Waals surface area contributed by atoms with Crippen LogP contribution in [0.2, 0.25) is 0 Å². The van der Waals surface area contributed by atoms with E-state index in [4.69, 9.17) is 0 Å². The Morgan fingerprint density at radius 1 is 0.889 bits per heavy atom. The van der Waals surface area contributed by atoms with Gasteiger partial charge in [0, 0.05) is 13.1 Å². The maximum Gasteiger partial charge on any atom is 0.0234 e. The van der Waals surface area contributed by atoms with Gasteiger partial charge in [-0.1, -0.05) is 81.8 Å². The molecule has 2 aromatic carbocycles. The van der Waals surface area contributed by atoms with Gasteiger partial charge in [0.1, 0.15) is 0 Å². The summed E-state index contributed by atoms with van der Waals surface area (Å²) in [4.78, 5) is 2.39. The van der Waals surface area contributed by atoms with Crippen molar-refractivity contribution in [1.29, 1.82) is 0 Å². The van der Waals surface area contributed by atoms with Gasteiger partial charge in [-0.15, -0.1) is 0 Å². The molecule has 0 unspecified atom stereocenters. The minimum atomic E-state index is 0.219. The molecule has 1 nitrogen and oxygen atoms in total. The van der Waals surface area contributed by atoms with E-state index in [0.29, 0.717) is 0 Å². The molecule has 0 atom stereocenters. The van der Waals surface area contributed by atoms with E-state index in [0.717, 1.165) is 13.1 Å². The van der Waals surface area contributed by atoms with Crippen molar-refractivity contribution in [2.75, 3.05) is 13.6 Å². The van der Waals surface area contributed by atoms with E-state index in [1.165, 1.54) is 48.8 Å². The maximum atomic E-state index is 2.45. The molecule has 0 aromatic heterocycles. The normalized spacial score (nSPS) is 15.1. The van der Waals surface area contributed by atoms with Gasteiger partial charge in [0.05, 0.1) is 0 Å². The Bertz CT molecular complexity index is 762. The summed E-state index contributed by atoms with van der Waals surface area (Å²) >= 11 is 0. The Morgan fingerprint density at radius 2 is 1.59 bits per heavy atom. The summed E-state index contributed by atoms with van der Waals surface area (Å²) in [6, 6.07) is 16.1. The number of likely N-dealkylation sites (N-methyl/N-ethyl adjacent to an activating group) is 1. The molecule has 0 saturated carbocycles. The predicted molar refractivity (Wildman–Crippen MR) is 118 cm³/mol. The van der Waals surface area contributed by atoms with E-state index < -0.39 is 0 Å². The number of aryl methyl sites for hydroxylation is 2. The highest BCUT2D eigenvalue weighted by Crippen LogP contribution is 2.23. The van der Waals surface area contributed by atoms with Gasteiger partial charge in [0.2, 0.25) is 0 Å². The second-order valence-electron chi connectivity index (χ2n) is 9.13. The van der Waals surface area contributed by atoms with E-state index >= 15 is 0 Å². The van der Waals surface area contributed by atoms with Crippen LogP contribution in [0.1, 0.15) is 67.9 Å². The van der Waals surface area contributed by atoms with Crippen molar-refractivity contribution in [1.82, 2.24) is 4.90 Å². The van der Waals surface area contributed by atoms with Crippen LogP contribution in [0.4, 0.5) is 0 Å². The highest BCUT2D eigenvalue weighted by molar-refractivity contribution is 5.50. The lowest BCUT2D eigenvalue weighted by atomic mass is 9.87. The van der Waals surface area contributed by atoms with Crippen LogP contribution in [0, 0.1) is 0 Å². The third kappa shape index (κ3) is 5.81. The quantitative estimate of drug-likeness (QED) is 0.557. The summed E-state index contributed by atoms with van der Waals surface area (Å²) in [5.74, 6) is 0. The van der Waals surface area contributed by atoms with Gasteiger partial charge >= 0.3 is 0 Å². The van der Waals surface area contributed by atoms with Gasteiger partial charge in [-0.2, -0.15) is 0 Å². The third-order valence-electron chi connectivity index (χ3n) is 5.62. The molecule has 0 aliphatic heterocycles. The molecule has 0 N–H and O–H groups in total. The largest absolute Gasteiger partial charge is 0.298 e. The molecule has 0 spiro atoms. The number of benzene rings is 2. The summed E-state index contributed by atoms with van der Waals surface area (Å²) in [6.07, 6.45) is 11.1. The summed E-state index contributed by atoms with van der Waals surface area (Å²) in [6.45, 7) is 8.76. The lowest BCUT2D eigenvalue weighted by Gasteiger charge is -2.18. The van der Waals surface area contributed by atoms with Crippen LogP contribution in [0.3, 0.4) is 0 Å². The van der Waals surface area contributed by atoms with Crippen LogP contribution in [0.5, 0.6) is 0 Å². The number of hydrogen-bond acceptors (Lipinski definition) is 1. The van der Waals surface area contributed by atoms with Crippen LogP contribution in [0.15, 0.2) is 48.5 Å². The van der Waals surface area contributed by atoms with Gasteiger partial charge in [0.25, 0.3) is 0 Å². The van der Waals surface area contributed by atoms with Gasteiger partial charge in [-0.05, 0) is 66.0 Å². The first-order valence-corrected chi connectivity index (χ1v) is 10.5. The topological polar surface area (TPSA) is 3.24 Å². The van der Waals surface area contributed by atoms with Crippen LogP contribution in [0.25, 0.3) is 6.08 Å². The van der Waals surface area contributed by atoms with Crippen molar-refractivity contribution in [2.45, 2.75) is 64.8 Å². The Labute approximate surface area is 166 Å². The van der Waals surface area contributed by atoms with Gasteiger partial charge in [-0.25, -0.2) is 0 Å². The highest BCUT2D eigenvalue weighted by Gasteiger charge is 2.12. The number of nitrogens with zero attached hydrogens (tertiary/aromatic N) is 1. The molecule has 144 valence electrons. The van der Waals surface area contributed by atoms with Crippen molar-refractivity contribution in [3.05, 3.63) is 76.4 Å². The molecule has 0 amide bonds. The molecule has 3 rings (SSSR count). The standard InChI is InChI=1S/C26H35N/c1-26(2,3)25-16-13-21(14-17-25)9-8-18-27(4)20-22-12-15-23-10-6-5-7-11-24(23)19-22/h8-9,12-17,19H,5-7,10-11,18,20H2,1-4H3/b9-8+. The Kier molecular flexibility index (Phi) is 6.55. The van der Waals surface area contributed by atoms with Crippen molar-refractivity contribution >= 4 is 6.08 Å². The third-order valence-corrected chi connectivity index (χ3v) is 5.62. The first-order valence-electron chi connectivity index (χ1n) is 10.5. The van der Waals surface area contributed by atoms with E-state index in [-0.39, 0.29) is 5.41 Å². The van der Waals surface area contributed by atoms with E-state index in [2.05, 4.69) is 87.3 Å². The fourth-order valence-electron chi connectivity index (χ4n) is 3.90. The zero-order valence-electron chi connectivity index (χ0n) is 17.6. The zero-order chi connectivity index (χ0) is 19.3. The second-order valence-corrected chi connectivity index (χ2v) is 9.13. The van der Waals surface area contributed by atoms with Gasteiger partial charge in [0.15, 0.2) is 0 Å². The van der Waals surface area contributed by atoms with Crippen LogP contribution in [-0.4, -0.2) is 18.5 Å². The maximum absolute atomic E-state index is 2.45. The minimum Gasteiger partial charge on any atom is -0.298 e. The SMILES string of the molecule is CN(C/C=C/c1ccc(C(C)(C)C)cc1)Cc1ccc2c(c1)CCCCC2. The van der Waals surface area contributed by atoms with Crippen molar-refractivity contribution < 1.29 is 0 Å². The predicted octanol–water partition coefficient (Wildman–Crippen LogP) is 6.40. The molecule has 27 heavy (non-hydrogen) atoms. The number of rotatable bonds is 5. The average Bonchev–Trinajstić information content (AvgIpc) is 2.86. The smallest absolute Gasteiger partial charge is 0.0234 e. The Morgan fingerprint density at radius 3 is 2.30 bits per heavy atom. The van der Waals surface area contributed by atoms with Crippen molar-refractivity contribution in [3.63, 3.8) is 0 Å². The lowest BCUT2D eigenvalue weighted by Crippen LogP contribution is -2.17. The van der Waals surface area contributed by atoms with Crippen molar-refractivity contribution in [2.24, 2.45) is 0 Å². The fourth-order valence-corrected chi connectivity index (χ4v) is 3.90. The Balaban J connectivity index is 1.54. The van der Waals surface area contributed by atoms with E-state index in [9.17, 15) is 0 Å². The molecule has 0 fully saturated rings. The minimum absolute atomic E-state index is 0.219. The van der Waals surface area contributed by atoms with Crippen LogP contribution < -0.4 is 0 Å². The summed E-state index contributed by atoms with van der Waals surface area (Å²) < 4.78 is 0. The lowest BCUT2D eigenvalue weighted by molar-refractivity contribution is 0.364. The Hall–Kier alpha value is -1.86. The van der Waals surface area contributed by atoms with Gasteiger partial charge < -0.3 is 0 Å². The molecule has 0 bridgehead atoms. The number of fused-ring (bicyclic) bond motifs is 1. The molecule has 1 heteroatoms. The van der Waals surface area contributed by atoms with E-state index in [1.807, 2.05) is 0 Å². The van der Waals surface area contributed by atoms with E-state index in [1.54, 1.807) is 11.1 Å². The first-order chi connectivity index (χ1) is 12.9. The summed E-state index contributed by atoms with van der Waals surface area (Å²) in [5, 5.41) is 0. The molecule has 0 radical (unpaired) electrons. The summed E-state index contributed by atoms with van der Waals surface area (Å²) in [5.41, 5.74) is 7.50. The van der Waals surface area contributed by atoms with Crippen LogP contribution in [-0.2, 0) is 24.8 Å². The molecule has 1 aliphatic carbocycles.